The largest absolute Gasteiger partial charge is 0.494 e. The van der Waals surface area contributed by atoms with Crippen molar-refractivity contribution in [3.63, 3.8) is 0 Å². The number of halogens is 1. The zero-order valence-electron chi connectivity index (χ0n) is 17.0. The van der Waals surface area contributed by atoms with Gasteiger partial charge >= 0.3 is 0 Å². The number of hydrogen-bond acceptors (Lipinski definition) is 3. The van der Waals surface area contributed by atoms with Gasteiger partial charge in [0.2, 0.25) is 5.91 Å². The van der Waals surface area contributed by atoms with Crippen LogP contribution in [0.5, 0.6) is 5.75 Å². The monoisotopic (exact) mass is 423 g/mol. The molecule has 6 heteroatoms. The smallest absolute Gasteiger partial charge is 0.223 e. The van der Waals surface area contributed by atoms with Crippen molar-refractivity contribution in [1.29, 1.82) is 0 Å². The molecule has 1 amide bonds. The Labute approximate surface area is 181 Å². The van der Waals surface area contributed by atoms with Gasteiger partial charge in [-0.15, -0.1) is 6.58 Å². The molecule has 0 N–H and O–H groups in total. The molecular weight excluding hydrogens is 398 g/mol. The number of unbranched alkanes of at least 4 members (excludes halogenated alkanes) is 1. The third-order valence-corrected chi connectivity index (χ3v) is 5.72. The number of hydrogen-bond donors (Lipinski definition) is 0. The molecule has 0 radical (unpaired) electrons. The normalized spacial score (nSPS) is 16.4. The van der Waals surface area contributed by atoms with Gasteiger partial charge in [0.15, 0.2) is 0 Å². The maximum atomic E-state index is 12.3. The molecule has 3 aromatic rings. The molecule has 5 nitrogen and oxygen atoms in total. The van der Waals surface area contributed by atoms with Crippen LogP contribution in [0, 0.1) is 0 Å². The van der Waals surface area contributed by atoms with Gasteiger partial charge in [-0.3, -0.25) is 4.79 Å². The number of imidazole rings is 1. The van der Waals surface area contributed by atoms with Crippen LogP contribution in [0.3, 0.4) is 0 Å². The van der Waals surface area contributed by atoms with E-state index in [-0.39, 0.29) is 11.8 Å². The Kier molecular flexibility index (Phi) is 6.38. The van der Waals surface area contributed by atoms with Gasteiger partial charge in [-0.2, -0.15) is 0 Å². The molecule has 1 aliphatic rings. The third-order valence-electron chi connectivity index (χ3n) is 5.47. The van der Waals surface area contributed by atoms with E-state index in [1.807, 2.05) is 47.4 Å². The van der Waals surface area contributed by atoms with Gasteiger partial charge in [0.1, 0.15) is 11.6 Å². The van der Waals surface area contributed by atoms with Crippen LogP contribution in [0.15, 0.2) is 61.2 Å². The number of amides is 1. The lowest BCUT2D eigenvalue weighted by Gasteiger charge is -2.15. The first-order chi connectivity index (χ1) is 14.7. The molecule has 1 atom stereocenters. The summed E-state index contributed by atoms with van der Waals surface area (Å²) in [6.07, 6.45) is 4.19. The molecule has 1 aromatic heterocycles. The van der Waals surface area contributed by atoms with Gasteiger partial charge in [0, 0.05) is 37.0 Å². The Bertz CT molecular complexity index is 1030. The standard InChI is InChI=1S/C24H26ClN3O2/c1-2-13-27-17-18(16-23(27)29)24-26-21-7-3-4-8-22(21)28(24)14-5-6-15-30-20-11-9-19(25)10-12-20/h2-4,7-12,18H,1,5-6,13-17H2. The van der Waals surface area contributed by atoms with Gasteiger partial charge < -0.3 is 14.2 Å². The van der Waals surface area contributed by atoms with Crippen LogP contribution >= 0.6 is 11.6 Å². The first kappa shape index (κ1) is 20.5. The summed E-state index contributed by atoms with van der Waals surface area (Å²) in [7, 11) is 0. The Balaban J connectivity index is 1.42. The van der Waals surface area contributed by atoms with E-state index in [2.05, 4.69) is 17.2 Å². The van der Waals surface area contributed by atoms with Crippen molar-refractivity contribution in [2.24, 2.45) is 0 Å². The van der Waals surface area contributed by atoms with Crippen molar-refractivity contribution in [3.05, 3.63) is 72.0 Å². The molecular formula is C24H26ClN3O2. The van der Waals surface area contributed by atoms with Gasteiger partial charge in [-0.05, 0) is 49.2 Å². The topological polar surface area (TPSA) is 47.4 Å². The van der Waals surface area contributed by atoms with E-state index in [1.165, 1.54) is 0 Å². The second-order valence-electron chi connectivity index (χ2n) is 7.61. The Hall–Kier alpha value is -2.79. The molecule has 0 aliphatic carbocycles. The number of aryl methyl sites for hydroxylation is 1. The van der Waals surface area contributed by atoms with Crippen LogP contribution in [-0.4, -0.2) is 40.1 Å². The van der Waals surface area contributed by atoms with Crippen LogP contribution in [0.1, 0.15) is 31.0 Å². The highest BCUT2D eigenvalue weighted by Crippen LogP contribution is 2.30. The highest BCUT2D eigenvalue weighted by Gasteiger charge is 2.33. The summed E-state index contributed by atoms with van der Waals surface area (Å²) < 4.78 is 8.09. The van der Waals surface area contributed by atoms with Crippen molar-refractivity contribution in [2.75, 3.05) is 19.7 Å². The number of para-hydroxylation sites is 2. The first-order valence-corrected chi connectivity index (χ1v) is 10.8. The molecule has 0 saturated carbocycles. The first-order valence-electron chi connectivity index (χ1n) is 10.4. The maximum absolute atomic E-state index is 12.3. The molecule has 0 spiro atoms. The number of carbonyl (C=O) groups excluding carboxylic acids is 1. The van der Waals surface area contributed by atoms with Crippen molar-refractivity contribution < 1.29 is 9.53 Å². The average Bonchev–Trinajstić information content (AvgIpc) is 3.30. The average molecular weight is 424 g/mol. The maximum Gasteiger partial charge on any atom is 0.223 e. The van der Waals surface area contributed by atoms with Crippen molar-refractivity contribution in [2.45, 2.75) is 31.7 Å². The van der Waals surface area contributed by atoms with Gasteiger partial charge in [0.25, 0.3) is 0 Å². The summed E-state index contributed by atoms with van der Waals surface area (Å²) in [5.41, 5.74) is 2.11. The summed E-state index contributed by atoms with van der Waals surface area (Å²) in [5.74, 6) is 2.14. The molecule has 1 aliphatic heterocycles. The lowest BCUT2D eigenvalue weighted by atomic mass is 10.1. The van der Waals surface area contributed by atoms with Crippen LogP contribution in [0.4, 0.5) is 0 Å². The fourth-order valence-electron chi connectivity index (χ4n) is 4.01. The second kappa shape index (κ2) is 9.35. The number of rotatable bonds is 9. The quantitative estimate of drug-likeness (QED) is 0.357. The summed E-state index contributed by atoms with van der Waals surface area (Å²) >= 11 is 5.91. The van der Waals surface area contributed by atoms with Crippen LogP contribution < -0.4 is 4.74 Å². The summed E-state index contributed by atoms with van der Waals surface area (Å²) in [5, 5.41) is 0.707. The van der Waals surface area contributed by atoms with E-state index in [4.69, 9.17) is 21.3 Å². The SMILES string of the molecule is C=CCN1CC(c2nc3ccccc3n2CCCCOc2ccc(Cl)cc2)CC1=O. The molecule has 2 aromatic carbocycles. The molecule has 1 unspecified atom stereocenters. The summed E-state index contributed by atoms with van der Waals surface area (Å²) in [6, 6.07) is 15.6. The predicted molar refractivity (Wildman–Crippen MR) is 120 cm³/mol. The Morgan fingerprint density at radius 1 is 1.17 bits per heavy atom. The predicted octanol–water partition coefficient (Wildman–Crippen LogP) is 5.05. The minimum absolute atomic E-state index is 0.121. The summed E-state index contributed by atoms with van der Waals surface area (Å²) in [6.45, 7) is 6.56. The zero-order valence-corrected chi connectivity index (χ0v) is 17.7. The highest BCUT2D eigenvalue weighted by molar-refractivity contribution is 6.30. The number of fused-ring (bicyclic) bond motifs is 1. The number of benzene rings is 2. The molecule has 4 rings (SSSR count). The fraction of sp³-hybridized carbons (Fsp3) is 0.333. The minimum Gasteiger partial charge on any atom is -0.494 e. The number of likely N-dealkylation sites (tertiary alicyclic amines) is 1. The van der Waals surface area contributed by atoms with Crippen molar-refractivity contribution in [1.82, 2.24) is 14.5 Å². The third kappa shape index (κ3) is 4.51. The highest BCUT2D eigenvalue weighted by atomic mass is 35.5. The Morgan fingerprint density at radius 2 is 1.97 bits per heavy atom. The number of aromatic nitrogens is 2. The molecule has 156 valence electrons. The fourth-order valence-corrected chi connectivity index (χ4v) is 4.14. The van der Waals surface area contributed by atoms with E-state index in [0.717, 1.165) is 42.0 Å². The minimum atomic E-state index is 0.121. The van der Waals surface area contributed by atoms with Crippen molar-refractivity contribution in [3.8, 4) is 5.75 Å². The molecule has 1 fully saturated rings. The van der Waals surface area contributed by atoms with E-state index in [0.29, 0.717) is 31.1 Å². The lowest BCUT2D eigenvalue weighted by molar-refractivity contribution is -0.127. The van der Waals surface area contributed by atoms with Crippen LogP contribution in [-0.2, 0) is 11.3 Å². The Morgan fingerprint density at radius 3 is 2.77 bits per heavy atom. The van der Waals surface area contributed by atoms with Crippen LogP contribution in [0.2, 0.25) is 5.02 Å². The molecule has 1 saturated heterocycles. The molecule has 30 heavy (non-hydrogen) atoms. The van der Waals surface area contributed by atoms with E-state index in [9.17, 15) is 4.79 Å². The molecule has 2 heterocycles. The van der Waals surface area contributed by atoms with E-state index < -0.39 is 0 Å². The van der Waals surface area contributed by atoms with Gasteiger partial charge in [-0.25, -0.2) is 4.98 Å². The van der Waals surface area contributed by atoms with Crippen LogP contribution in [0.25, 0.3) is 11.0 Å². The van der Waals surface area contributed by atoms with E-state index >= 15 is 0 Å². The van der Waals surface area contributed by atoms with E-state index in [1.54, 1.807) is 6.08 Å². The zero-order chi connectivity index (χ0) is 20.9. The summed E-state index contributed by atoms with van der Waals surface area (Å²) in [4.78, 5) is 19.1. The lowest BCUT2D eigenvalue weighted by Crippen LogP contribution is -2.25. The van der Waals surface area contributed by atoms with Gasteiger partial charge in [-0.1, -0.05) is 29.8 Å². The van der Waals surface area contributed by atoms with Gasteiger partial charge in [0.05, 0.1) is 17.6 Å². The number of ether oxygens (including phenoxy) is 1. The van der Waals surface area contributed by atoms with Crippen molar-refractivity contribution >= 4 is 28.5 Å². The number of nitrogens with zero attached hydrogens (tertiary/aromatic N) is 3. The number of carbonyl (C=O) groups is 1. The molecule has 0 bridgehead atoms. The second-order valence-corrected chi connectivity index (χ2v) is 8.04.